The smallest absolute Gasteiger partial charge is 0.126 e. The predicted octanol–water partition coefficient (Wildman–Crippen LogP) is 10.7. The molecular weight excluding hydrogens is 752 g/mol. The average molecular weight is 800 g/mol. The molecule has 6 aromatic rings. The van der Waals surface area contributed by atoms with Gasteiger partial charge in [-0.3, -0.25) is 0 Å². The number of benzene rings is 6. The van der Waals surface area contributed by atoms with E-state index in [0.29, 0.717) is 33.0 Å². The van der Waals surface area contributed by atoms with Crippen LogP contribution < -0.4 is 4.74 Å². The molecule has 7 heteroatoms. The van der Waals surface area contributed by atoms with Crippen LogP contribution in [0.15, 0.2) is 168 Å². The molecule has 0 radical (unpaired) electrons. The summed E-state index contributed by atoms with van der Waals surface area (Å²) in [6.07, 6.45) is -2.82. The lowest BCUT2D eigenvalue weighted by atomic mass is 9.88. The Morgan fingerprint density at radius 2 is 0.891 bits per heavy atom. The van der Waals surface area contributed by atoms with Crippen molar-refractivity contribution in [2.45, 2.75) is 70.5 Å². The van der Waals surface area contributed by atoms with Crippen molar-refractivity contribution in [2.75, 3.05) is 6.61 Å². The molecule has 6 aromatic carbocycles. The van der Waals surface area contributed by atoms with E-state index in [9.17, 15) is 0 Å². The van der Waals surface area contributed by atoms with Gasteiger partial charge < -0.3 is 28.4 Å². The van der Waals surface area contributed by atoms with Crippen LogP contribution in [0.4, 0.5) is 0 Å². The normalized spacial score (nSPS) is 19.6. The molecule has 0 amide bonds. The van der Waals surface area contributed by atoms with Crippen LogP contribution in [0.25, 0.3) is 0 Å². The van der Waals surface area contributed by atoms with Crippen molar-refractivity contribution in [3.63, 3.8) is 0 Å². The summed E-state index contributed by atoms with van der Waals surface area (Å²) in [6.45, 7) is 4.27. The molecule has 0 spiro atoms. The molecule has 0 unspecified atom stereocenters. The van der Waals surface area contributed by atoms with Gasteiger partial charge in [-0.1, -0.05) is 168 Å². The zero-order valence-corrected chi connectivity index (χ0v) is 32.6. The van der Waals surface area contributed by atoms with Gasteiger partial charge in [0.25, 0.3) is 0 Å². The first-order valence-electron chi connectivity index (χ1n) is 18.8. The van der Waals surface area contributed by atoms with Crippen LogP contribution in [0, 0.1) is 6.92 Å². The highest BCUT2D eigenvalue weighted by Crippen LogP contribution is 2.44. The molecule has 1 saturated heterocycles. The highest BCUT2D eigenvalue weighted by molar-refractivity contribution is 9.10. The molecule has 282 valence electrons. The van der Waals surface area contributed by atoms with E-state index >= 15 is 0 Å². The predicted molar refractivity (Wildman–Crippen MR) is 218 cm³/mol. The first-order valence-corrected chi connectivity index (χ1v) is 19.6. The molecule has 0 saturated carbocycles. The maximum absolute atomic E-state index is 7.27. The van der Waals surface area contributed by atoms with Gasteiger partial charge in [0.05, 0.1) is 33.0 Å². The number of halogens is 1. The summed E-state index contributed by atoms with van der Waals surface area (Å²) >= 11 is 3.83. The van der Waals surface area contributed by atoms with Gasteiger partial charge in [0.1, 0.15) is 42.9 Å². The monoisotopic (exact) mass is 798 g/mol. The molecule has 1 fully saturated rings. The van der Waals surface area contributed by atoms with E-state index in [1.807, 2.05) is 103 Å². The average Bonchev–Trinajstić information content (AvgIpc) is 3.24. The minimum Gasteiger partial charge on any atom is -0.489 e. The number of ether oxygens (including phenoxy) is 6. The van der Waals surface area contributed by atoms with Gasteiger partial charge in [0.2, 0.25) is 0 Å². The maximum atomic E-state index is 7.27. The van der Waals surface area contributed by atoms with Crippen LogP contribution in [0.5, 0.6) is 5.75 Å². The van der Waals surface area contributed by atoms with Gasteiger partial charge in [-0.05, 0) is 52.4 Å². The molecule has 6 nitrogen and oxygen atoms in total. The van der Waals surface area contributed by atoms with Gasteiger partial charge >= 0.3 is 0 Å². The second-order valence-corrected chi connectivity index (χ2v) is 14.6. The fourth-order valence-corrected chi connectivity index (χ4v) is 7.26. The lowest BCUT2D eigenvalue weighted by molar-refractivity contribution is -0.275. The molecular formula is C48H47BrO6. The van der Waals surface area contributed by atoms with Gasteiger partial charge in [0.15, 0.2) is 0 Å². The zero-order valence-electron chi connectivity index (χ0n) is 31.0. The van der Waals surface area contributed by atoms with Crippen molar-refractivity contribution < 1.29 is 28.4 Å². The molecule has 0 aromatic heterocycles. The summed E-state index contributed by atoms with van der Waals surface area (Å²) in [6, 6.07) is 55.0. The lowest BCUT2D eigenvalue weighted by Gasteiger charge is -2.47. The summed E-state index contributed by atoms with van der Waals surface area (Å²) in [5, 5.41) is 0. The molecule has 1 aliphatic heterocycles. The molecule has 5 atom stereocenters. The standard InChI is InChI=1S/C48H47BrO6/c1-35-41(49)27-28-42(51-30-37-19-9-3-10-20-37)44(35)46-48(54-33-40-25-15-6-16-26-40)47(53-32-39-23-13-5-14-24-39)45(52-31-38-21-11-4-12-22-38)43(55-46)34-50-29-36-17-7-2-8-18-36/h2-28,43,45-48H,29-34H2,1H3/t43-,45-,46+,47+,48+/m1/s1. The maximum Gasteiger partial charge on any atom is 0.126 e. The molecule has 55 heavy (non-hydrogen) atoms. The number of rotatable bonds is 17. The van der Waals surface area contributed by atoms with E-state index in [1.54, 1.807) is 0 Å². The van der Waals surface area contributed by atoms with Crippen LogP contribution in [-0.4, -0.2) is 31.0 Å². The summed E-state index contributed by atoms with van der Waals surface area (Å²) in [4.78, 5) is 0. The summed E-state index contributed by atoms with van der Waals surface area (Å²) < 4.78 is 42.2. The van der Waals surface area contributed by atoms with Crippen LogP contribution in [0.1, 0.15) is 45.0 Å². The third-order valence-corrected chi connectivity index (χ3v) is 10.7. The Labute approximate surface area is 333 Å². The quantitative estimate of drug-likeness (QED) is 0.0916. The van der Waals surface area contributed by atoms with Crippen molar-refractivity contribution >= 4 is 15.9 Å². The van der Waals surface area contributed by atoms with Gasteiger partial charge in [-0.25, -0.2) is 0 Å². The minimum atomic E-state index is -0.602. The van der Waals surface area contributed by atoms with Crippen molar-refractivity contribution in [1.82, 2.24) is 0 Å². The molecule has 7 rings (SSSR count). The first kappa shape index (κ1) is 38.7. The molecule has 0 N–H and O–H groups in total. The Hall–Kier alpha value is -4.60. The Morgan fingerprint density at radius 1 is 0.473 bits per heavy atom. The van der Waals surface area contributed by atoms with Crippen molar-refractivity contribution in [3.8, 4) is 5.75 Å². The van der Waals surface area contributed by atoms with E-state index in [0.717, 1.165) is 49.2 Å². The highest BCUT2D eigenvalue weighted by Gasteiger charge is 2.50. The van der Waals surface area contributed by atoms with Crippen molar-refractivity contribution in [2.24, 2.45) is 0 Å². The number of hydrogen-bond donors (Lipinski definition) is 0. The third kappa shape index (κ3) is 10.6. The Bertz CT molecular complexity index is 2010. The summed E-state index contributed by atoms with van der Waals surface area (Å²) in [5.74, 6) is 0.720. The number of hydrogen-bond acceptors (Lipinski definition) is 6. The fourth-order valence-electron chi connectivity index (χ4n) is 6.91. The van der Waals surface area contributed by atoms with E-state index in [1.165, 1.54) is 0 Å². The lowest BCUT2D eigenvalue weighted by Crippen LogP contribution is -2.58. The van der Waals surface area contributed by atoms with E-state index in [4.69, 9.17) is 28.4 Å². The Balaban J connectivity index is 1.29. The van der Waals surface area contributed by atoms with Crippen molar-refractivity contribution in [3.05, 3.63) is 207 Å². The van der Waals surface area contributed by atoms with E-state index < -0.39 is 30.5 Å². The third-order valence-electron chi connectivity index (χ3n) is 9.81. The van der Waals surface area contributed by atoms with Gasteiger partial charge in [-0.2, -0.15) is 0 Å². The van der Waals surface area contributed by atoms with Crippen LogP contribution in [0.2, 0.25) is 0 Å². The van der Waals surface area contributed by atoms with Crippen molar-refractivity contribution in [1.29, 1.82) is 0 Å². The summed E-state index contributed by atoms with van der Waals surface area (Å²) in [7, 11) is 0. The molecule has 0 aliphatic carbocycles. The SMILES string of the molecule is Cc1c(Br)ccc(OCc2ccccc2)c1[C@@H]1O[C@H](COCc2ccccc2)[C@@H](OCc2ccccc2)[C@H](OCc2ccccc2)[C@H]1OCc1ccccc1. The topological polar surface area (TPSA) is 55.4 Å². The van der Waals surface area contributed by atoms with E-state index in [2.05, 4.69) is 83.5 Å². The Kier molecular flexibility index (Phi) is 13.9. The molecule has 0 bridgehead atoms. The van der Waals surface area contributed by atoms with Crippen LogP contribution in [0.3, 0.4) is 0 Å². The van der Waals surface area contributed by atoms with Gasteiger partial charge in [-0.15, -0.1) is 0 Å². The summed E-state index contributed by atoms with van der Waals surface area (Å²) in [5.41, 5.74) is 7.19. The van der Waals surface area contributed by atoms with E-state index in [-0.39, 0.29) is 6.61 Å². The molecule has 1 aliphatic rings. The second kappa shape index (κ2) is 19.8. The highest BCUT2D eigenvalue weighted by atomic mass is 79.9. The largest absolute Gasteiger partial charge is 0.489 e. The molecule has 1 heterocycles. The second-order valence-electron chi connectivity index (χ2n) is 13.7. The van der Waals surface area contributed by atoms with Crippen LogP contribution >= 0.6 is 15.9 Å². The van der Waals surface area contributed by atoms with Gasteiger partial charge in [0, 0.05) is 10.0 Å². The zero-order chi connectivity index (χ0) is 37.7. The van der Waals surface area contributed by atoms with Crippen LogP contribution in [-0.2, 0) is 56.7 Å². The minimum absolute atomic E-state index is 0.273. The first-order chi connectivity index (χ1) is 27.1. The fraction of sp³-hybridized carbons (Fsp3) is 0.250. The Morgan fingerprint density at radius 3 is 1.38 bits per heavy atom.